The molecule has 1 aliphatic rings. The average Bonchev–Trinajstić information content (AvgIpc) is 2.82. The zero-order chi connectivity index (χ0) is 13.2. The molecule has 0 bridgehead atoms. The van der Waals surface area contributed by atoms with E-state index in [0.717, 1.165) is 49.6 Å². The van der Waals surface area contributed by atoms with E-state index in [1.54, 1.807) is 11.0 Å². The van der Waals surface area contributed by atoms with Gasteiger partial charge in [0.15, 0.2) is 5.65 Å². The van der Waals surface area contributed by atoms with Gasteiger partial charge in [-0.25, -0.2) is 9.97 Å². The van der Waals surface area contributed by atoms with Gasteiger partial charge in [-0.05, 0) is 0 Å². The van der Waals surface area contributed by atoms with Crippen LogP contribution in [0.2, 0.25) is 0 Å². The van der Waals surface area contributed by atoms with Gasteiger partial charge in [-0.2, -0.15) is 5.10 Å². The molecule has 7 heteroatoms. The summed E-state index contributed by atoms with van der Waals surface area (Å²) < 4.78 is 1.78. The maximum absolute atomic E-state index is 5.78. The minimum absolute atomic E-state index is 0.695. The number of hydrogen-bond donors (Lipinski definition) is 0. The Morgan fingerprint density at radius 3 is 2.74 bits per heavy atom. The third kappa shape index (κ3) is 2.37. The largest absolute Gasteiger partial charge is 0.353 e. The van der Waals surface area contributed by atoms with Crippen LogP contribution in [0.15, 0.2) is 12.5 Å². The van der Waals surface area contributed by atoms with Gasteiger partial charge in [0.05, 0.1) is 11.6 Å². The van der Waals surface area contributed by atoms with Crippen molar-refractivity contribution in [3.05, 3.63) is 12.5 Å². The van der Waals surface area contributed by atoms with Gasteiger partial charge in [-0.15, -0.1) is 11.6 Å². The lowest BCUT2D eigenvalue weighted by molar-refractivity contribution is 0.272. The lowest BCUT2D eigenvalue weighted by Gasteiger charge is -2.35. The van der Waals surface area contributed by atoms with Crippen LogP contribution in [0.1, 0.15) is 0 Å². The molecule has 19 heavy (non-hydrogen) atoms. The second-order valence-corrected chi connectivity index (χ2v) is 5.10. The second kappa shape index (κ2) is 5.30. The van der Waals surface area contributed by atoms with E-state index < -0.39 is 0 Å². The molecule has 0 amide bonds. The Morgan fingerprint density at radius 2 is 2.00 bits per heavy atom. The highest BCUT2D eigenvalue weighted by Crippen LogP contribution is 2.22. The van der Waals surface area contributed by atoms with Crippen LogP contribution in [0.4, 0.5) is 5.82 Å². The van der Waals surface area contributed by atoms with Gasteiger partial charge >= 0.3 is 0 Å². The monoisotopic (exact) mass is 280 g/mol. The molecule has 0 aliphatic carbocycles. The maximum atomic E-state index is 5.78. The van der Waals surface area contributed by atoms with E-state index in [-0.39, 0.29) is 0 Å². The quantitative estimate of drug-likeness (QED) is 0.776. The molecule has 1 saturated heterocycles. The third-order valence-corrected chi connectivity index (χ3v) is 3.75. The fourth-order valence-electron chi connectivity index (χ4n) is 2.50. The summed E-state index contributed by atoms with van der Waals surface area (Å²) in [6, 6.07) is 0. The average molecular weight is 281 g/mol. The van der Waals surface area contributed by atoms with E-state index in [9.17, 15) is 0 Å². The second-order valence-electron chi connectivity index (χ2n) is 4.72. The molecule has 0 atom stereocenters. The molecule has 0 unspecified atom stereocenters. The van der Waals surface area contributed by atoms with Crippen LogP contribution in [0.25, 0.3) is 11.0 Å². The van der Waals surface area contributed by atoms with Crippen LogP contribution in [-0.4, -0.2) is 63.3 Å². The standard InChI is InChI=1S/C12H17ClN6/c1-17-11-10(8-16-17)12(15-9-14-11)19-6-4-18(3-2-13)5-7-19/h8-9H,2-7H2,1H3. The molecule has 102 valence electrons. The first-order chi connectivity index (χ1) is 9.29. The zero-order valence-electron chi connectivity index (χ0n) is 11.0. The first-order valence-corrected chi connectivity index (χ1v) is 6.99. The molecule has 3 rings (SSSR count). The number of rotatable bonds is 3. The number of alkyl halides is 1. The molecule has 2 aromatic heterocycles. The third-order valence-electron chi connectivity index (χ3n) is 3.58. The van der Waals surface area contributed by atoms with Crippen molar-refractivity contribution in [1.29, 1.82) is 0 Å². The molecular formula is C12H17ClN6. The van der Waals surface area contributed by atoms with Gasteiger partial charge < -0.3 is 4.90 Å². The summed E-state index contributed by atoms with van der Waals surface area (Å²) in [6.45, 7) is 4.95. The van der Waals surface area contributed by atoms with Crippen molar-refractivity contribution in [2.45, 2.75) is 0 Å². The molecular weight excluding hydrogens is 264 g/mol. The van der Waals surface area contributed by atoms with E-state index in [0.29, 0.717) is 5.88 Å². The molecule has 0 N–H and O–H groups in total. The maximum Gasteiger partial charge on any atom is 0.163 e. The fourth-order valence-corrected chi connectivity index (χ4v) is 2.74. The molecule has 0 aromatic carbocycles. The number of fused-ring (bicyclic) bond motifs is 1. The van der Waals surface area contributed by atoms with E-state index in [1.165, 1.54) is 0 Å². The predicted molar refractivity (Wildman–Crippen MR) is 75.7 cm³/mol. The summed E-state index contributed by atoms with van der Waals surface area (Å²) in [7, 11) is 1.90. The number of nitrogens with zero attached hydrogens (tertiary/aromatic N) is 6. The summed E-state index contributed by atoms with van der Waals surface area (Å²) in [4.78, 5) is 13.4. The van der Waals surface area contributed by atoms with Gasteiger partial charge in [0.2, 0.25) is 0 Å². The smallest absolute Gasteiger partial charge is 0.163 e. The topological polar surface area (TPSA) is 50.1 Å². The van der Waals surface area contributed by atoms with Crippen LogP contribution in [-0.2, 0) is 7.05 Å². The number of piperazine rings is 1. The number of aromatic nitrogens is 4. The van der Waals surface area contributed by atoms with Crippen molar-refractivity contribution < 1.29 is 0 Å². The van der Waals surface area contributed by atoms with Crippen LogP contribution < -0.4 is 4.90 Å². The number of aryl methyl sites for hydroxylation is 1. The summed E-state index contributed by atoms with van der Waals surface area (Å²) >= 11 is 5.78. The van der Waals surface area contributed by atoms with E-state index in [1.807, 2.05) is 13.2 Å². The lowest BCUT2D eigenvalue weighted by atomic mass is 10.3. The summed E-state index contributed by atoms with van der Waals surface area (Å²) in [5, 5.41) is 5.28. The van der Waals surface area contributed by atoms with Gasteiger partial charge in [0.25, 0.3) is 0 Å². The Morgan fingerprint density at radius 1 is 1.21 bits per heavy atom. The molecule has 1 aliphatic heterocycles. The Balaban J connectivity index is 1.82. The van der Waals surface area contributed by atoms with Crippen LogP contribution in [0.3, 0.4) is 0 Å². The van der Waals surface area contributed by atoms with Crippen molar-refractivity contribution >= 4 is 28.5 Å². The van der Waals surface area contributed by atoms with Gasteiger partial charge in [-0.1, -0.05) is 0 Å². The van der Waals surface area contributed by atoms with E-state index in [4.69, 9.17) is 11.6 Å². The Hall–Kier alpha value is -1.40. The van der Waals surface area contributed by atoms with E-state index >= 15 is 0 Å². The highest BCUT2D eigenvalue weighted by Gasteiger charge is 2.20. The Kier molecular flexibility index (Phi) is 3.52. The number of hydrogen-bond acceptors (Lipinski definition) is 5. The number of halogens is 1. The minimum atomic E-state index is 0.695. The van der Waals surface area contributed by atoms with Gasteiger partial charge in [0, 0.05) is 45.7 Å². The highest BCUT2D eigenvalue weighted by molar-refractivity contribution is 6.18. The fraction of sp³-hybridized carbons (Fsp3) is 0.583. The first kappa shape index (κ1) is 12.6. The van der Waals surface area contributed by atoms with Gasteiger partial charge in [-0.3, -0.25) is 9.58 Å². The Labute approximate surface area is 117 Å². The van der Waals surface area contributed by atoms with Crippen molar-refractivity contribution in [2.75, 3.05) is 43.5 Å². The van der Waals surface area contributed by atoms with Crippen molar-refractivity contribution in [2.24, 2.45) is 7.05 Å². The lowest BCUT2D eigenvalue weighted by Crippen LogP contribution is -2.47. The molecule has 1 fully saturated rings. The zero-order valence-corrected chi connectivity index (χ0v) is 11.7. The van der Waals surface area contributed by atoms with Crippen molar-refractivity contribution in [3.8, 4) is 0 Å². The highest BCUT2D eigenvalue weighted by atomic mass is 35.5. The molecule has 3 heterocycles. The SMILES string of the molecule is Cn1ncc2c(N3CCN(CCCl)CC3)ncnc21. The first-order valence-electron chi connectivity index (χ1n) is 6.45. The van der Waals surface area contributed by atoms with Crippen LogP contribution in [0, 0.1) is 0 Å². The molecule has 0 saturated carbocycles. The van der Waals surface area contributed by atoms with E-state index in [2.05, 4.69) is 24.9 Å². The van der Waals surface area contributed by atoms with Crippen molar-refractivity contribution in [1.82, 2.24) is 24.6 Å². The molecule has 2 aromatic rings. The van der Waals surface area contributed by atoms with Gasteiger partial charge in [0.1, 0.15) is 12.1 Å². The number of anilines is 1. The van der Waals surface area contributed by atoms with Crippen molar-refractivity contribution in [3.63, 3.8) is 0 Å². The molecule has 6 nitrogen and oxygen atoms in total. The summed E-state index contributed by atoms with van der Waals surface area (Å²) in [5.41, 5.74) is 0.883. The molecule has 0 spiro atoms. The normalized spacial score (nSPS) is 17.3. The summed E-state index contributed by atoms with van der Waals surface area (Å²) in [6.07, 6.45) is 3.46. The van der Waals surface area contributed by atoms with Crippen LogP contribution in [0.5, 0.6) is 0 Å². The minimum Gasteiger partial charge on any atom is -0.353 e. The predicted octanol–water partition coefficient (Wildman–Crippen LogP) is 0.724. The Bertz CT molecular complexity index is 560. The van der Waals surface area contributed by atoms with Crippen LogP contribution >= 0.6 is 11.6 Å². The molecule has 0 radical (unpaired) electrons. The summed E-state index contributed by atoms with van der Waals surface area (Å²) in [5.74, 6) is 1.68.